The quantitative estimate of drug-likeness (QED) is 0.941. The summed E-state index contributed by atoms with van der Waals surface area (Å²) in [6.45, 7) is 4.12. The molecule has 1 aromatic carbocycles. The van der Waals surface area contributed by atoms with Gasteiger partial charge in [0.25, 0.3) is 5.91 Å². The first-order valence-corrected chi connectivity index (χ1v) is 8.18. The molecule has 22 heavy (non-hydrogen) atoms. The number of rotatable bonds is 3. The number of carbonyl (C=O) groups excluding carboxylic acids is 1. The summed E-state index contributed by atoms with van der Waals surface area (Å²) in [5.41, 5.74) is 8.36. The molecule has 1 amide bonds. The van der Waals surface area contributed by atoms with E-state index in [0.717, 1.165) is 10.6 Å². The third-order valence-corrected chi connectivity index (χ3v) is 4.71. The van der Waals surface area contributed by atoms with Crippen LogP contribution in [0, 0.1) is 6.92 Å². The molecule has 0 spiro atoms. The maximum Gasteiger partial charge on any atom is 0.273 e. The third kappa shape index (κ3) is 3.04. The topological polar surface area (TPSA) is 68.5 Å². The number of aromatic nitrogens is 1. The molecule has 2 N–H and O–H groups in total. The molecular weight excluding hydrogens is 298 g/mol. The van der Waals surface area contributed by atoms with Crippen LogP contribution < -0.4 is 5.73 Å². The fourth-order valence-corrected chi connectivity index (χ4v) is 3.28. The first-order chi connectivity index (χ1) is 10.7. The average Bonchev–Trinajstić information content (AvgIpc) is 3.04. The van der Waals surface area contributed by atoms with Crippen molar-refractivity contribution in [2.45, 2.75) is 19.6 Å². The fraction of sp³-hybridized carbons (Fsp3) is 0.375. The summed E-state index contributed by atoms with van der Waals surface area (Å²) in [5, 5.41) is 2.56. The zero-order chi connectivity index (χ0) is 15.5. The number of ether oxygens (including phenoxy) is 1. The molecule has 1 unspecified atom stereocenters. The minimum atomic E-state index is -0.0773. The van der Waals surface area contributed by atoms with Crippen molar-refractivity contribution < 1.29 is 9.53 Å². The summed E-state index contributed by atoms with van der Waals surface area (Å²) in [6.07, 6.45) is -0.0773. The second kappa shape index (κ2) is 6.56. The van der Waals surface area contributed by atoms with E-state index < -0.39 is 0 Å². The first-order valence-electron chi connectivity index (χ1n) is 7.30. The van der Waals surface area contributed by atoms with Gasteiger partial charge in [0.05, 0.1) is 13.2 Å². The van der Waals surface area contributed by atoms with E-state index in [-0.39, 0.29) is 12.0 Å². The Balaban J connectivity index is 1.75. The maximum absolute atomic E-state index is 12.6. The highest BCUT2D eigenvalue weighted by molar-refractivity contribution is 7.09. The minimum Gasteiger partial charge on any atom is -0.370 e. The molecule has 116 valence electrons. The number of nitrogens with zero attached hydrogens (tertiary/aromatic N) is 2. The maximum atomic E-state index is 12.6. The van der Waals surface area contributed by atoms with Crippen LogP contribution in [0.25, 0.3) is 0 Å². The predicted molar refractivity (Wildman–Crippen MR) is 85.8 cm³/mol. The Morgan fingerprint density at radius 1 is 1.50 bits per heavy atom. The Hall–Kier alpha value is -1.76. The summed E-state index contributed by atoms with van der Waals surface area (Å²) >= 11 is 1.43. The number of aryl methyl sites for hydroxylation is 1. The molecule has 1 fully saturated rings. The van der Waals surface area contributed by atoms with E-state index in [9.17, 15) is 4.79 Å². The van der Waals surface area contributed by atoms with Crippen molar-refractivity contribution in [3.63, 3.8) is 0 Å². The van der Waals surface area contributed by atoms with Gasteiger partial charge in [-0.05, 0) is 18.1 Å². The van der Waals surface area contributed by atoms with Crippen LogP contribution in [0.15, 0.2) is 29.6 Å². The largest absolute Gasteiger partial charge is 0.370 e. The summed E-state index contributed by atoms with van der Waals surface area (Å²) in [6, 6.07) is 8.13. The van der Waals surface area contributed by atoms with Gasteiger partial charge in [-0.1, -0.05) is 24.3 Å². The molecule has 0 radical (unpaired) electrons. The van der Waals surface area contributed by atoms with Crippen LogP contribution in [0.2, 0.25) is 0 Å². The van der Waals surface area contributed by atoms with E-state index in [1.54, 1.807) is 5.38 Å². The van der Waals surface area contributed by atoms with Crippen LogP contribution >= 0.6 is 11.3 Å². The number of benzene rings is 1. The molecular formula is C16H19N3O2S. The van der Waals surface area contributed by atoms with Gasteiger partial charge in [-0.3, -0.25) is 4.79 Å². The van der Waals surface area contributed by atoms with Crippen molar-refractivity contribution in [1.82, 2.24) is 9.88 Å². The molecule has 1 aromatic heterocycles. The standard InChI is InChI=1S/C16H19N3O2S/c1-11-4-2-3-5-12(11)14-9-19(6-7-21-14)16(20)13-10-22-15(8-17)18-13/h2-5,10,14H,6-9,17H2,1H3. The summed E-state index contributed by atoms with van der Waals surface area (Å²) < 4.78 is 5.86. The zero-order valence-corrected chi connectivity index (χ0v) is 13.3. The van der Waals surface area contributed by atoms with E-state index in [0.29, 0.717) is 31.9 Å². The predicted octanol–water partition coefficient (Wildman–Crippen LogP) is 2.12. The SMILES string of the molecule is Cc1ccccc1C1CN(C(=O)c2csc(CN)n2)CCO1. The lowest BCUT2D eigenvalue weighted by Gasteiger charge is -2.33. The minimum absolute atomic E-state index is 0.0437. The Labute approximate surface area is 133 Å². The van der Waals surface area contributed by atoms with Crippen LogP contribution in [0.5, 0.6) is 0 Å². The average molecular weight is 317 g/mol. The van der Waals surface area contributed by atoms with Gasteiger partial charge >= 0.3 is 0 Å². The smallest absolute Gasteiger partial charge is 0.273 e. The Kier molecular flexibility index (Phi) is 4.52. The fourth-order valence-electron chi connectivity index (χ4n) is 2.63. The van der Waals surface area contributed by atoms with Crippen molar-refractivity contribution in [2.75, 3.05) is 19.7 Å². The molecule has 0 bridgehead atoms. The van der Waals surface area contributed by atoms with Gasteiger partial charge in [0.1, 0.15) is 16.8 Å². The summed E-state index contributed by atoms with van der Waals surface area (Å²) in [5.74, 6) is -0.0437. The molecule has 6 heteroatoms. The van der Waals surface area contributed by atoms with Crippen LogP contribution in [-0.4, -0.2) is 35.5 Å². The van der Waals surface area contributed by atoms with Crippen LogP contribution in [0.3, 0.4) is 0 Å². The molecule has 1 saturated heterocycles. The molecule has 1 atom stereocenters. The van der Waals surface area contributed by atoms with Crippen molar-refractivity contribution >= 4 is 17.2 Å². The van der Waals surface area contributed by atoms with Gasteiger partial charge in [0.2, 0.25) is 0 Å². The first kappa shape index (κ1) is 15.1. The van der Waals surface area contributed by atoms with Crippen LogP contribution in [0.4, 0.5) is 0 Å². The lowest BCUT2D eigenvalue weighted by Crippen LogP contribution is -2.42. The molecule has 1 aliphatic rings. The molecule has 5 nitrogen and oxygen atoms in total. The van der Waals surface area contributed by atoms with Gasteiger partial charge in [0.15, 0.2) is 0 Å². The molecule has 0 aliphatic carbocycles. The number of nitrogens with two attached hydrogens (primary N) is 1. The number of hydrogen-bond acceptors (Lipinski definition) is 5. The second-order valence-electron chi connectivity index (χ2n) is 5.30. The molecule has 0 saturated carbocycles. The molecule has 2 heterocycles. The van der Waals surface area contributed by atoms with E-state index in [1.807, 2.05) is 17.0 Å². The van der Waals surface area contributed by atoms with Gasteiger partial charge in [-0.25, -0.2) is 4.98 Å². The summed E-state index contributed by atoms with van der Waals surface area (Å²) in [7, 11) is 0. The van der Waals surface area contributed by atoms with Gasteiger partial charge in [-0.15, -0.1) is 11.3 Å². The second-order valence-corrected chi connectivity index (χ2v) is 6.24. The molecule has 1 aliphatic heterocycles. The Morgan fingerprint density at radius 3 is 3.05 bits per heavy atom. The van der Waals surface area contributed by atoms with E-state index in [2.05, 4.69) is 24.0 Å². The highest BCUT2D eigenvalue weighted by atomic mass is 32.1. The monoisotopic (exact) mass is 317 g/mol. The normalized spacial score (nSPS) is 18.5. The van der Waals surface area contributed by atoms with Gasteiger partial charge < -0.3 is 15.4 Å². The van der Waals surface area contributed by atoms with Crippen molar-refractivity contribution in [1.29, 1.82) is 0 Å². The number of carbonyl (C=O) groups is 1. The lowest BCUT2D eigenvalue weighted by molar-refractivity contribution is -0.0232. The van der Waals surface area contributed by atoms with E-state index in [4.69, 9.17) is 10.5 Å². The lowest BCUT2D eigenvalue weighted by atomic mass is 10.0. The van der Waals surface area contributed by atoms with Gasteiger partial charge in [-0.2, -0.15) is 0 Å². The van der Waals surface area contributed by atoms with E-state index >= 15 is 0 Å². The molecule has 2 aromatic rings. The third-order valence-electron chi connectivity index (χ3n) is 3.83. The van der Waals surface area contributed by atoms with Crippen molar-refractivity contribution in [3.05, 3.63) is 51.5 Å². The van der Waals surface area contributed by atoms with Crippen molar-refractivity contribution in [2.24, 2.45) is 5.73 Å². The number of morpholine rings is 1. The van der Waals surface area contributed by atoms with Gasteiger partial charge in [0, 0.05) is 18.5 Å². The molecule has 3 rings (SSSR count). The number of hydrogen-bond donors (Lipinski definition) is 1. The van der Waals surface area contributed by atoms with Crippen LogP contribution in [0.1, 0.15) is 32.7 Å². The summed E-state index contributed by atoms with van der Waals surface area (Å²) in [4.78, 5) is 18.7. The number of thiazole rings is 1. The van der Waals surface area contributed by atoms with Crippen LogP contribution in [-0.2, 0) is 11.3 Å². The highest BCUT2D eigenvalue weighted by Gasteiger charge is 2.27. The van der Waals surface area contributed by atoms with Crippen molar-refractivity contribution in [3.8, 4) is 0 Å². The van der Waals surface area contributed by atoms with E-state index in [1.165, 1.54) is 16.9 Å². The Morgan fingerprint density at radius 2 is 2.32 bits per heavy atom. The number of amides is 1. The Bertz CT molecular complexity index is 671. The zero-order valence-electron chi connectivity index (χ0n) is 12.5. The highest BCUT2D eigenvalue weighted by Crippen LogP contribution is 2.26.